The summed E-state index contributed by atoms with van der Waals surface area (Å²) in [6.45, 7) is 5.96. The minimum atomic E-state index is -0.469. The van der Waals surface area contributed by atoms with E-state index in [1.807, 2.05) is 13.8 Å². The zero-order valence-electron chi connectivity index (χ0n) is 12.9. The molecular formula is C15H23ClN4O2. The van der Waals surface area contributed by atoms with E-state index < -0.39 is 6.04 Å². The van der Waals surface area contributed by atoms with Crippen molar-refractivity contribution in [2.75, 3.05) is 26.2 Å². The molecule has 0 aromatic carbocycles. The van der Waals surface area contributed by atoms with Crippen molar-refractivity contribution in [1.29, 1.82) is 0 Å². The van der Waals surface area contributed by atoms with E-state index in [9.17, 15) is 9.59 Å². The van der Waals surface area contributed by atoms with E-state index in [1.54, 1.807) is 34.2 Å². The normalized spacial score (nSPS) is 16.2. The highest BCUT2D eigenvalue weighted by Gasteiger charge is 2.28. The Bertz CT molecular complexity index is 502. The molecule has 22 heavy (non-hydrogen) atoms. The van der Waals surface area contributed by atoms with Crippen molar-refractivity contribution < 1.29 is 9.59 Å². The van der Waals surface area contributed by atoms with Crippen LogP contribution in [0.15, 0.2) is 24.4 Å². The van der Waals surface area contributed by atoms with Crippen LogP contribution < -0.4 is 5.73 Å². The molecule has 1 aliphatic rings. The summed E-state index contributed by atoms with van der Waals surface area (Å²) in [5, 5.41) is 0. The van der Waals surface area contributed by atoms with E-state index >= 15 is 0 Å². The van der Waals surface area contributed by atoms with Gasteiger partial charge in [-0.25, -0.2) is 0 Å². The van der Waals surface area contributed by atoms with Gasteiger partial charge >= 0.3 is 0 Å². The van der Waals surface area contributed by atoms with Gasteiger partial charge in [0.1, 0.15) is 5.69 Å². The van der Waals surface area contributed by atoms with Gasteiger partial charge in [-0.15, -0.1) is 12.4 Å². The number of hydrogen-bond donors (Lipinski definition) is 1. The van der Waals surface area contributed by atoms with Crippen molar-refractivity contribution in [3.05, 3.63) is 30.1 Å². The van der Waals surface area contributed by atoms with Gasteiger partial charge in [0.25, 0.3) is 5.91 Å². The van der Waals surface area contributed by atoms with Crippen LogP contribution in [0.25, 0.3) is 0 Å². The molecular weight excluding hydrogens is 304 g/mol. The summed E-state index contributed by atoms with van der Waals surface area (Å²) in [7, 11) is 0. The quantitative estimate of drug-likeness (QED) is 0.890. The average Bonchev–Trinajstić information content (AvgIpc) is 2.53. The molecule has 1 saturated heterocycles. The molecule has 2 amide bonds. The molecule has 1 aromatic heterocycles. The van der Waals surface area contributed by atoms with Crippen LogP contribution in [-0.4, -0.2) is 58.8 Å². The molecule has 1 fully saturated rings. The largest absolute Gasteiger partial charge is 0.338 e. The Hall–Kier alpha value is -1.66. The van der Waals surface area contributed by atoms with Gasteiger partial charge < -0.3 is 15.5 Å². The Morgan fingerprint density at radius 3 is 2.23 bits per heavy atom. The van der Waals surface area contributed by atoms with Crippen LogP contribution in [0.4, 0.5) is 0 Å². The summed E-state index contributed by atoms with van der Waals surface area (Å²) in [5.74, 6) is -0.00327. The Balaban J connectivity index is 0.00000242. The lowest BCUT2D eigenvalue weighted by atomic mass is 10.0. The zero-order chi connectivity index (χ0) is 15.4. The number of nitrogens with two attached hydrogens (primary N) is 1. The van der Waals surface area contributed by atoms with Crippen molar-refractivity contribution in [2.45, 2.75) is 19.9 Å². The number of pyridine rings is 1. The lowest BCUT2D eigenvalue weighted by Gasteiger charge is -2.36. The smallest absolute Gasteiger partial charge is 0.272 e. The number of piperazine rings is 1. The maximum absolute atomic E-state index is 12.3. The first-order valence-corrected chi connectivity index (χ1v) is 7.25. The number of carbonyl (C=O) groups excluding carboxylic acids is 2. The second-order valence-corrected chi connectivity index (χ2v) is 5.60. The van der Waals surface area contributed by atoms with Gasteiger partial charge in [-0.2, -0.15) is 0 Å². The highest BCUT2D eigenvalue weighted by Crippen LogP contribution is 2.10. The SMILES string of the molecule is CC(C)[C@H](N)C(=O)N1CCN(C(=O)c2ccccn2)CC1.Cl. The second-order valence-electron chi connectivity index (χ2n) is 5.60. The predicted octanol–water partition coefficient (Wildman–Crippen LogP) is 0.771. The second kappa shape index (κ2) is 8.10. The highest BCUT2D eigenvalue weighted by molar-refractivity contribution is 5.92. The third-order valence-electron chi connectivity index (χ3n) is 3.77. The van der Waals surface area contributed by atoms with Gasteiger partial charge in [-0.3, -0.25) is 14.6 Å². The third-order valence-corrected chi connectivity index (χ3v) is 3.77. The van der Waals surface area contributed by atoms with Gasteiger partial charge in [-0.1, -0.05) is 19.9 Å². The fourth-order valence-electron chi connectivity index (χ4n) is 2.28. The minimum Gasteiger partial charge on any atom is -0.338 e. The summed E-state index contributed by atoms with van der Waals surface area (Å²) in [5.41, 5.74) is 6.34. The summed E-state index contributed by atoms with van der Waals surface area (Å²) < 4.78 is 0. The minimum absolute atomic E-state index is 0. The molecule has 122 valence electrons. The Morgan fingerprint density at radius 1 is 1.14 bits per heavy atom. The molecule has 0 bridgehead atoms. The van der Waals surface area contributed by atoms with Crippen LogP contribution >= 0.6 is 12.4 Å². The molecule has 2 heterocycles. The molecule has 0 radical (unpaired) electrons. The van der Waals surface area contributed by atoms with Gasteiger partial charge in [0.05, 0.1) is 6.04 Å². The molecule has 6 nitrogen and oxygen atoms in total. The van der Waals surface area contributed by atoms with Crippen molar-refractivity contribution >= 4 is 24.2 Å². The molecule has 1 atom stereocenters. The van der Waals surface area contributed by atoms with Crippen molar-refractivity contribution in [1.82, 2.24) is 14.8 Å². The molecule has 2 rings (SSSR count). The van der Waals surface area contributed by atoms with Crippen molar-refractivity contribution in [3.63, 3.8) is 0 Å². The van der Waals surface area contributed by atoms with Crippen LogP contribution in [0.2, 0.25) is 0 Å². The first-order valence-electron chi connectivity index (χ1n) is 7.25. The molecule has 0 spiro atoms. The lowest BCUT2D eigenvalue weighted by molar-refractivity contribution is -0.135. The van der Waals surface area contributed by atoms with E-state index in [-0.39, 0.29) is 30.1 Å². The summed E-state index contributed by atoms with van der Waals surface area (Å²) in [4.78, 5) is 32.0. The van der Waals surface area contributed by atoms with Crippen LogP contribution in [0.3, 0.4) is 0 Å². The van der Waals surface area contributed by atoms with Gasteiger partial charge in [-0.05, 0) is 18.1 Å². The van der Waals surface area contributed by atoms with E-state index in [1.165, 1.54) is 0 Å². The zero-order valence-corrected chi connectivity index (χ0v) is 13.8. The summed E-state index contributed by atoms with van der Waals surface area (Å²) in [6.07, 6.45) is 1.61. The fraction of sp³-hybridized carbons (Fsp3) is 0.533. The molecule has 7 heteroatoms. The first-order chi connectivity index (χ1) is 10.0. The number of amides is 2. The Morgan fingerprint density at radius 2 is 1.73 bits per heavy atom. The third kappa shape index (κ3) is 4.18. The van der Waals surface area contributed by atoms with Gasteiger partial charge in [0.2, 0.25) is 5.91 Å². The molecule has 0 unspecified atom stereocenters. The topological polar surface area (TPSA) is 79.5 Å². The van der Waals surface area contributed by atoms with E-state index in [0.29, 0.717) is 31.9 Å². The number of rotatable bonds is 3. The van der Waals surface area contributed by atoms with E-state index in [2.05, 4.69) is 4.98 Å². The maximum atomic E-state index is 12.3. The lowest BCUT2D eigenvalue weighted by Crippen LogP contribution is -2.55. The first kappa shape index (κ1) is 18.4. The van der Waals surface area contributed by atoms with Crippen LogP contribution in [0.5, 0.6) is 0 Å². The van der Waals surface area contributed by atoms with E-state index in [4.69, 9.17) is 5.73 Å². The van der Waals surface area contributed by atoms with Gasteiger partial charge in [0, 0.05) is 32.4 Å². The molecule has 1 aliphatic heterocycles. The number of hydrogen-bond acceptors (Lipinski definition) is 4. The van der Waals surface area contributed by atoms with Crippen LogP contribution in [0, 0.1) is 5.92 Å². The van der Waals surface area contributed by atoms with Crippen LogP contribution in [0.1, 0.15) is 24.3 Å². The fourth-order valence-corrected chi connectivity index (χ4v) is 2.28. The van der Waals surface area contributed by atoms with Crippen LogP contribution in [-0.2, 0) is 4.79 Å². The predicted molar refractivity (Wildman–Crippen MR) is 86.8 cm³/mol. The number of halogens is 1. The molecule has 2 N–H and O–H groups in total. The Labute approximate surface area is 137 Å². The van der Waals surface area contributed by atoms with E-state index in [0.717, 1.165) is 0 Å². The average molecular weight is 327 g/mol. The summed E-state index contributed by atoms with van der Waals surface area (Å²) in [6, 6.07) is 4.81. The van der Waals surface area contributed by atoms with Crippen molar-refractivity contribution in [2.24, 2.45) is 11.7 Å². The monoisotopic (exact) mass is 326 g/mol. The molecule has 0 saturated carbocycles. The number of carbonyl (C=O) groups is 2. The number of aromatic nitrogens is 1. The summed E-state index contributed by atoms with van der Waals surface area (Å²) >= 11 is 0. The number of nitrogens with zero attached hydrogens (tertiary/aromatic N) is 3. The standard InChI is InChI=1S/C15H22N4O2.ClH/c1-11(2)13(16)15(21)19-9-7-18(8-10-19)14(20)12-5-3-4-6-17-12;/h3-6,11,13H,7-10,16H2,1-2H3;1H/t13-;/m0./s1. The highest BCUT2D eigenvalue weighted by atomic mass is 35.5. The van der Waals surface area contributed by atoms with Gasteiger partial charge in [0.15, 0.2) is 0 Å². The van der Waals surface area contributed by atoms with Crippen molar-refractivity contribution in [3.8, 4) is 0 Å². The molecule has 0 aliphatic carbocycles. The maximum Gasteiger partial charge on any atom is 0.272 e. The molecule has 1 aromatic rings. The Kier molecular flexibility index (Phi) is 6.77.